The van der Waals surface area contributed by atoms with Crippen molar-refractivity contribution in [2.75, 3.05) is 4.90 Å². The van der Waals surface area contributed by atoms with Gasteiger partial charge in [0, 0.05) is 22.5 Å². The third kappa shape index (κ3) is 5.71. The monoisotopic (exact) mass is 583 g/mol. The van der Waals surface area contributed by atoms with E-state index in [0.717, 1.165) is 24.2 Å². The number of nitrogens with zero attached hydrogens (tertiary/aromatic N) is 1. The van der Waals surface area contributed by atoms with Crippen molar-refractivity contribution < 1.29 is 0 Å². The first-order valence-corrected chi connectivity index (χ1v) is 16.3. The third-order valence-electron chi connectivity index (χ3n) is 9.78. The molecule has 0 N–H and O–H groups in total. The van der Waals surface area contributed by atoms with Gasteiger partial charge >= 0.3 is 0 Å². The molecule has 45 heavy (non-hydrogen) atoms. The van der Waals surface area contributed by atoms with E-state index in [9.17, 15) is 0 Å². The Balaban J connectivity index is 1.20. The Hall–Kier alpha value is -4.88. The van der Waals surface area contributed by atoms with Gasteiger partial charge in [0.25, 0.3) is 0 Å². The van der Waals surface area contributed by atoms with E-state index in [4.69, 9.17) is 0 Å². The molecule has 0 bridgehead atoms. The molecule has 0 fully saturated rings. The SMILES string of the molecule is C[C@@H](Cc1ccc2c(c1)C(C)(C)c1cc(N(c3ccccc3)c3ccccc3)ccc1-2)C(Cc1ccccc1)c1ccccc1. The molecule has 0 aliphatic heterocycles. The lowest BCUT2D eigenvalue weighted by molar-refractivity contribution is 0.453. The Morgan fingerprint density at radius 3 is 1.60 bits per heavy atom. The van der Waals surface area contributed by atoms with Crippen LogP contribution in [0.5, 0.6) is 0 Å². The van der Waals surface area contributed by atoms with E-state index in [2.05, 4.69) is 183 Å². The average Bonchev–Trinajstić information content (AvgIpc) is 3.31. The molecule has 1 nitrogen and oxygen atoms in total. The number of rotatable bonds is 9. The fraction of sp³-hybridized carbons (Fsp3) is 0.182. The maximum absolute atomic E-state index is 2.50. The van der Waals surface area contributed by atoms with Crippen molar-refractivity contribution >= 4 is 17.1 Å². The highest BCUT2D eigenvalue weighted by Crippen LogP contribution is 2.51. The number of para-hydroxylation sites is 2. The third-order valence-corrected chi connectivity index (χ3v) is 9.78. The molecule has 1 unspecified atom stereocenters. The zero-order valence-corrected chi connectivity index (χ0v) is 26.5. The summed E-state index contributed by atoms with van der Waals surface area (Å²) < 4.78 is 0. The molecule has 1 aliphatic rings. The zero-order valence-electron chi connectivity index (χ0n) is 26.5. The van der Waals surface area contributed by atoms with Gasteiger partial charge in [-0.05, 0) is 100 Å². The van der Waals surface area contributed by atoms with Crippen LogP contribution in [0.15, 0.2) is 158 Å². The van der Waals surface area contributed by atoms with Gasteiger partial charge < -0.3 is 4.90 Å². The van der Waals surface area contributed by atoms with Crippen LogP contribution in [0.2, 0.25) is 0 Å². The summed E-state index contributed by atoms with van der Waals surface area (Å²) in [5, 5.41) is 0. The van der Waals surface area contributed by atoms with Crippen molar-refractivity contribution in [3.05, 3.63) is 186 Å². The van der Waals surface area contributed by atoms with Gasteiger partial charge in [0.15, 0.2) is 0 Å². The summed E-state index contributed by atoms with van der Waals surface area (Å²) in [4.78, 5) is 2.36. The van der Waals surface area contributed by atoms with E-state index in [0.29, 0.717) is 11.8 Å². The van der Waals surface area contributed by atoms with Crippen LogP contribution in [0.1, 0.15) is 54.5 Å². The van der Waals surface area contributed by atoms with Crippen LogP contribution in [0.4, 0.5) is 17.1 Å². The van der Waals surface area contributed by atoms with E-state index >= 15 is 0 Å². The Morgan fingerprint density at radius 2 is 1.00 bits per heavy atom. The first-order chi connectivity index (χ1) is 22.0. The molecule has 6 aromatic rings. The first kappa shape index (κ1) is 28.9. The lowest BCUT2D eigenvalue weighted by Gasteiger charge is -2.28. The van der Waals surface area contributed by atoms with Crippen LogP contribution in [-0.2, 0) is 18.3 Å². The topological polar surface area (TPSA) is 3.24 Å². The maximum atomic E-state index is 2.50. The van der Waals surface area contributed by atoms with E-state index < -0.39 is 0 Å². The highest BCUT2D eigenvalue weighted by atomic mass is 15.1. The summed E-state index contributed by atoms with van der Waals surface area (Å²) in [7, 11) is 0. The highest BCUT2D eigenvalue weighted by Gasteiger charge is 2.36. The van der Waals surface area contributed by atoms with Gasteiger partial charge in [-0.15, -0.1) is 0 Å². The van der Waals surface area contributed by atoms with Gasteiger partial charge in [-0.2, -0.15) is 0 Å². The molecule has 2 atom stereocenters. The number of fused-ring (bicyclic) bond motifs is 3. The molecule has 0 aromatic heterocycles. The predicted octanol–water partition coefficient (Wildman–Crippen LogP) is 11.7. The lowest BCUT2D eigenvalue weighted by atomic mass is 9.78. The van der Waals surface area contributed by atoms with Crippen LogP contribution in [0.25, 0.3) is 11.1 Å². The van der Waals surface area contributed by atoms with Gasteiger partial charge in [-0.25, -0.2) is 0 Å². The molecule has 0 spiro atoms. The van der Waals surface area contributed by atoms with Gasteiger partial charge in [-0.3, -0.25) is 0 Å². The van der Waals surface area contributed by atoms with Crippen LogP contribution >= 0.6 is 0 Å². The predicted molar refractivity (Wildman–Crippen MR) is 191 cm³/mol. The summed E-state index contributed by atoms with van der Waals surface area (Å²) >= 11 is 0. The number of anilines is 3. The summed E-state index contributed by atoms with van der Waals surface area (Å²) in [6.07, 6.45) is 2.10. The van der Waals surface area contributed by atoms with Crippen molar-refractivity contribution in [2.45, 2.75) is 44.9 Å². The molecule has 0 saturated carbocycles. The standard InChI is InChI=1S/C44H41N/c1-32(41(35-18-10-5-11-19-35)29-33-16-8-4-9-17-33)28-34-24-26-39-40-27-25-38(31-43(40)44(2,3)42(39)30-34)45(36-20-12-6-13-21-36)37-22-14-7-15-23-37/h4-27,30-32,41H,28-29H2,1-3H3/t32-,41?/m0/s1. The Bertz CT molecular complexity index is 1840. The van der Waals surface area contributed by atoms with Crippen molar-refractivity contribution in [1.82, 2.24) is 0 Å². The molecule has 1 aliphatic carbocycles. The van der Waals surface area contributed by atoms with Gasteiger partial charge in [0.05, 0.1) is 0 Å². The van der Waals surface area contributed by atoms with E-state index in [1.807, 2.05) is 0 Å². The fourth-order valence-electron chi connectivity index (χ4n) is 7.37. The first-order valence-electron chi connectivity index (χ1n) is 16.3. The molecular formula is C44H41N. The summed E-state index contributed by atoms with van der Waals surface area (Å²) in [6.45, 7) is 7.22. The molecule has 0 heterocycles. The minimum absolute atomic E-state index is 0.0954. The summed E-state index contributed by atoms with van der Waals surface area (Å²) in [5.74, 6) is 0.950. The van der Waals surface area contributed by atoms with Gasteiger partial charge in [0.1, 0.15) is 0 Å². The largest absolute Gasteiger partial charge is 0.310 e. The fourth-order valence-corrected chi connectivity index (χ4v) is 7.37. The molecule has 1 heteroatoms. The molecule has 0 saturated heterocycles. The minimum atomic E-state index is -0.0954. The van der Waals surface area contributed by atoms with Crippen molar-refractivity contribution in [2.24, 2.45) is 5.92 Å². The van der Waals surface area contributed by atoms with Crippen molar-refractivity contribution in [1.29, 1.82) is 0 Å². The van der Waals surface area contributed by atoms with Crippen LogP contribution in [0.3, 0.4) is 0 Å². The second kappa shape index (κ2) is 12.3. The molecule has 222 valence electrons. The average molecular weight is 584 g/mol. The van der Waals surface area contributed by atoms with Crippen molar-refractivity contribution in [3.63, 3.8) is 0 Å². The number of hydrogen-bond donors (Lipinski definition) is 0. The molecule has 0 amide bonds. The second-order valence-corrected chi connectivity index (χ2v) is 13.1. The quantitative estimate of drug-likeness (QED) is 0.164. The van der Waals surface area contributed by atoms with Gasteiger partial charge in [0.2, 0.25) is 0 Å². The van der Waals surface area contributed by atoms with Gasteiger partial charge in [-0.1, -0.05) is 142 Å². The highest BCUT2D eigenvalue weighted by molar-refractivity contribution is 5.85. The molecule has 0 radical (unpaired) electrons. The summed E-state index contributed by atoms with van der Waals surface area (Å²) in [6, 6.07) is 57.7. The molecule has 7 rings (SSSR count). The zero-order chi connectivity index (χ0) is 30.8. The van der Waals surface area contributed by atoms with Crippen LogP contribution in [0, 0.1) is 5.92 Å². The lowest BCUT2D eigenvalue weighted by Crippen LogP contribution is -2.18. The smallest absolute Gasteiger partial charge is 0.0465 e. The van der Waals surface area contributed by atoms with E-state index in [-0.39, 0.29) is 5.41 Å². The number of benzene rings is 6. The molecular weight excluding hydrogens is 542 g/mol. The minimum Gasteiger partial charge on any atom is -0.310 e. The van der Waals surface area contributed by atoms with E-state index in [1.54, 1.807) is 0 Å². The van der Waals surface area contributed by atoms with E-state index in [1.165, 1.54) is 44.6 Å². The van der Waals surface area contributed by atoms with Crippen LogP contribution in [-0.4, -0.2) is 0 Å². The second-order valence-electron chi connectivity index (χ2n) is 13.1. The maximum Gasteiger partial charge on any atom is 0.0465 e. The molecule has 6 aromatic carbocycles. The Labute approximate surface area is 268 Å². The Morgan fingerprint density at radius 1 is 0.489 bits per heavy atom. The van der Waals surface area contributed by atoms with Crippen molar-refractivity contribution in [3.8, 4) is 11.1 Å². The summed E-state index contributed by atoms with van der Waals surface area (Å²) in [5.41, 5.74) is 13.2. The number of hydrogen-bond acceptors (Lipinski definition) is 1. The normalized spacial score (nSPS) is 14.3. The Kier molecular flexibility index (Phi) is 7.86. The van der Waals surface area contributed by atoms with Crippen LogP contribution < -0.4 is 4.90 Å².